The molecule has 3 atom stereocenters. The Morgan fingerprint density at radius 1 is 1.04 bits per heavy atom. The number of carbonyl (C=O) groups excluding carboxylic acids is 3. The van der Waals surface area contributed by atoms with E-state index < -0.39 is 23.8 Å². The van der Waals surface area contributed by atoms with Crippen molar-refractivity contribution >= 4 is 40.0 Å². The highest BCUT2D eigenvalue weighted by atomic mass is 19.4. The lowest BCUT2D eigenvalue weighted by atomic mass is 10.0. The predicted molar refractivity (Wildman–Crippen MR) is 161 cm³/mol. The average molecular weight is 631 g/mol. The number of nitrogens with one attached hydrogen (secondary N) is 1. The summed E-state index contributed by atoms with van der Waals surface area (Å²) in [6.45, 7) is 6.58. The third-order valence-electron chi connectivity index (χ3n) is 8.99. The molecule has 0 spiro atoms. The van der Waals surface area contributed by atoms with Crippen LogP contribution in [0.2, 0.25) is 0 Å². The predicted octanol–water partition coefficient (Wildman–Crippen LogP) is 5.00. The molecule has 1 saturated carbocycles. The van der Waals surface area contributed by atoms with E-state index in [4.69, 9.17) is 0 Å². The third kappa shape index (κ3) is 4.97. The molecule has 1 aliphatic carbocycles. The van der Waals surface area contributed by atoms with Gasteiger partial charge in [-0.25, -0.2) is 14.5 Å². The van der Waals surface area contributed by atoms with E-state index in [2.05, 4.69) is 25.5 Å². The molecule has 2 aliphatic rings. The molecule has 0 bridgehead atoms. The number of hydrogen-bond acceptors (Lipinski definition) is 7. The first-order valence-corrected chi connectivity index (χ1v) is 14.7. The number of ketones is 1. The summed E-state index contributed by atoms with van der Waals surface area (Å²) in [5.74, 6) is -1.46. The number of halogens is 3. The minimum Gasteiger partial charge on any atom is -0.325 e. The molecule has 1 aliphatic heterocycles. The Bertz CT molecular complexity index is 2100. The van der Waals surface area contributed by atoms with Crippen molar-refractivity contribution in [3.05, 3.63) is 71.4 Å². The van der Waals surface area contributed by atoms with Crippen molar-refractivity contribution in [3.8, 4) is 11.1 Å². The molecule has 11 nitrogen and oxygen atoms in total. The van der Waals surface area contributed by atoms with E-state index >= 15 is 0 Å². The van der Waals surface area contributed by atoms with Crippen molar-refractivity contribution in [3.63, 3.8) is 0 Å². The fraction of sp³-hybridized carbons (Fsp3) is 0.344. The summed E-state index contributed by atoms with van der Waals surface area (Å²) in [6.07, 6.45) is -0.0319. The van der Waals surface area contributed by atoms with Gasteiger partial charge < -0.3 is 10.2 Å². The van der Waals surface area contributed by atoms with Gasteiger partial charge in [-0.2, -0.15) is 23.4 Å². The maximum absolute atomic E-state index is 13.9. The molecule has 4 aromatic heterocycles. The maximum atomic E-state index is 13.9. The number of carbonyl (C=O) groups is 3. The van der Waals surface area contributed by atoms with E-state index in [0.717, 1.165) is 22.9 Å². The standard InChI is InChI=1S/C32H29F3N8O3/c1-16-5-8-24(32(33,34)35)37-29(16)38-30(46)23-11-31(4)12-25(31)43(23)27(45)15-41-22-7-6-19(10-21(22)28(40-41)18(3)44)20-13-36-26-9-17(2)39-42(26)14-20/h5-10,13-14,23,25H,11-12,15H2,1-4H3,(H,37,38,46)/t23-,25?,31-/m0/s1. The van der Waals surface area contributed by atoms with Crippen LogP contribution in [0.15, 0.2) is 48.8 Å². The first kappa shape index (κ1) is 29.6. The van der Waals surface area contributed by atoms with Gasteiger partial charge >= 0.3 is 6.18 Å². The quantitative estimate of drug-likeness (QED) is 0.262. The smallest absolute Gasteiger partial charge is 0.325 e. The first-order valence-electron chi connectivity index (χ1n) is 14.7. The normalized spacial score (nSPS) is 20.7. The number of pyridine rings is 1. The van der Waals surface area contributed by atoms with E-state index in [1.54, 1.807) is 23.7 Å². The molecule has 0 radical (unpaired) electrons. The Morgan fingerprint density at radius 3 is 2.57 bits per heavy atom. The number of hydrogen-bond donors (Lipinski definition) is 1. The van der Waals surface area contributed by atoms with E-state index in [-0.39, 0.29) is 41.2 Å². The van der Waals surface area contributed by atoms with Crippen LogP contribution in [0.3, 0.4) is 0 Å². The number of alkyl halides is 3. The van der Waals surface area contributed by atoms with Crippen molar-refractivity contribution in [1.29, 1.82) is 0 Å². The SMILES string of the molecule is CC(=O)c1nn(CC(=O)N2C3C[C@]3(C)C[C@H]2C(=O)Nc2nc(C(F)(F)F)ccc2C)c2ccc(-c3cnc4cc(C)nn4c3)cc12. The van der Waals surface area contributed by atoms with E-state index in [1.165, 1.54) is 22.6 Å². The van der Waals surface area contributed by atoms with Crippen LogP contribution in [-0.2, 0) is 22.3 Å². The van der Waals surface area contributed by atoms with Crippen LogP contribution in [0.25, 0.3) is 27.7 Å². The zero-order valence-corrected chi connectivity index (χ0v) is 25.4. The maximum Gasteiger partial charge on any atom is 0.433 e. The Kier molecular flexibility index (Phi) is 6.55. The summed E-state index contributed by atoms with van der Waals surface area (Å²) in [7, 11) is 0. The number of nitrogens with zero attached hydrogens (tertiary/aromatic N) is 7. The molecule has 1 unspecified atom stereocenters. The third-order valence-corrected chi connectivity index (χ3v) is 8.99. The van der Waals surface area contributed by atoms with E-state index in [0.29, 0.717) is 35.0 Å². The Balaban J connectivity index is 1.17. The molecule has 46 heavy (non-hydrogen) atoms. The fourth-order valence-corrected chi connectivity index (χ4v) is 6.47. The Hall–Kier alpha value is -5.14. The molecule has 1 saturated heterocycles. The van der Waals surface area contributed by atoms with Gasteiger partial charge in [-0.05, 0) is 61.4 Å². The highest BCUT2D eigenvalue weighted by Gasteiger charge is 2.64. The molecule has 7 rings (SSSR count). The molecule has 2 fully saturated rings. The van der Waals surface area contributed by atoms with Crippen LogP contribution < -0.4 is 5.32 Å². The Morgan fingerprint density at radius 2 is 1.83 bits per heavy atom. The van der Waals surface area contributed by atoms with Gasteiger partial charge in [-0.3, -0.25) is 19.1 Å². The monoisotopic (exact) mass is 630 g/mol. The van der Waals surface area contributed by atoms with Gasteiger partial charge in [-0.15, -0.1) is 0 Å². The molecule has 2 amide bonds. The number of likely N-dealkylation sites (tertiary alicyclic amines) is 1. The summed E-state index contributed by atoms with van der Waals surface area (Å²) in [6, 6.07) is 8.33. The number of amides is 2. The number of benzene rings is 1. The van der Waals surface area contributed by atoms with Crippen molar-refractivity contribution < 1.29 is 27.6 Å². The number of Topliss-reactive ketones (excluding diaryl/α,β-unsaturated/α-hetero) is 1. The van der Waals surface area contributed by atoms with Crippen LogP contribution in [-0.4, -0.2) is 63.9 Å². The summed E-state index contributed by atoms with van der Waals surface area (Å²) in [5, 5.41) is 12.0. The average Bonchev–Trinajstić information content (AvgIpc) is 3.25. The van der Waals surface area contributed by atoms with Gasteiger partial charge in [0, 0.05) is 42.4 Å². The lowest BCUT2D eigenvalue weighted by molar-refractivity contribution is -0.141. The number of piperidine rings is 1. The number of rotatable bonds is 6. The molecule has 5 aromatic rings. The molecular weight excluding hydrogens is 601 g/mol. The summed E-state index contributed by atoms with van der Waals surface area (Å²) < 4.78 is 43.0. The largest absolute Gasteiger partial charge is 0.433 e. The van der Waals surface area contributed by atoms with E-state index in [1.807, 2.05) is 38.2 Å². The fourth-order valence-electron chi connectivity index (χ4n) is 6.47. The number of aromatic nitrogens is 6. The van der Waals surface area contributed by atoms with E-state index in [9.17, 15) is 27.6 Å². The minimum atomic E-state index is -4.67. The van der Waals surface area contributed by atoms with Gasteiger partial charge in [-0.1, -0.05) is 19.1 Å². The second-order valence-electron chi connectivity index (χ2n) is 12.5. The summed E-state index contributed by atoms with van der Waals surface area (Å²) in [4.78, 5) is 49.6. The second-order valence-corrected chi connectivity index (χ2v) is 12.5. The van der Waals surface area contributed by atoms with Gasteiger partial charge in [0.05, 0.1) is 11.2 Å². The minimum absolute atomic E-state index is 0.194. The molecule has 1 N–H and O–H groups in total. The number of aryl methyl sites for hydroxylation is 2. The van der Waals surface area contributed by atoms with Crippen molar-refractivity contribution in [2.45, 2.75) is 65.3 Å². The molecule has 1 aromatic carbocycles. The van der Waals surface area contributed by atoms with Crippen molar-refractivity contribution in [2.24, 2.45) is 5.41 Å². The number of anilines is 1. The zero-order valence-electron chi connectivity index (χ0n) is 25.4. The molecule has 14 heteroatoms. The summed E-state index contributed by atoms with van der Waals surface area (Å²) in [5.41, 5.74) is 2.83. The van der Waals surface area contributed by atoms with Crippen molar-refractivity contribution in [2.75, 3.05) is 5.32 Å². The highest BCUT2D eigenvalue weighted by molar-refractivity contribution is 6.06. The van der Waals surface area contributed by atoms with Crippen LogP contribution in [0.4, 0.5) is 19.0 Å². The van der Waals surface area contributed by atoms with Crippen LogP contribution in [0, 0.1) is 19.3 Å². The summed E-state index contributed by atoms with van der Waals surface area (Å²) >= 11 is 0. The molecular formula is C32H29F3N8O3. The van der Waals surface area contributed by atoms with Gasteiger partial charge in [0.1, 0.15) is 29.8 Å². The lowest BCUT2D eigenvalue weighted by Crippen LogP contribution is -2.47. The van der Waals surface area contributed by atoms with Crippen LogP contribution in [0.1, 0.15) is 54.1 Å². The van der Waals surface area contributed by atoms with Gasteiger partial charge in [0.25, 0.3) is 0 Å². The molecule has 236 valence electrons. The topological polar surface area (TPSA) is 127 Å². The zero-order chi connectivity index (χ0) is 32.7. The van der Waals surface area contributed by atoms with Crippen LogP contribution >= 0.6 is 0 Å². The highest BCUT2D eigenvalue weighted by Crippen LogP contribution is 2.59. The number of fused-ring (bicyclic) bond motifs is 3. The molecule has 5 heterocycles. The van der Waals surface area contributed by atoms with Crippen molar-refractivity contribution in [1.82, 2.24) is 34.3 Å². The second kappa shape index (κ2) is 10.2. The van der Waals surface area contributed by atoms with Gasteiger partial charge in [0.15, 0.2) is 11.4 Å². The Labute approximate surface area is 260 Å². The lowest BCUT2D eigenvalue weighted by Gasteiger charge is -2.27. The first-order chi connectivity index (χ1) is 21.7. The van der Waals surface area contributed by atoms with Gasteiger partial charge in [0.2, 0.25) is 11.8 Å². The van der Waals surface area contributed by atoms with Crippen LogP contribution in [0.5, 0.6) is 0 Å².